The van der Waals surface area contributed by atoms with Crippen LogP contribution in [0.3, 0.4) is 0 Å². The number of fused-ring (bicyclic) bond motifs is 1. The van der Waals surface area contributed by atoms with Crippen LogP contribution < -0.4 is 0 Å². The third-order valence-corrected chi connectivity index (χ3v) is 4.09. The standard InChI is InChI=1S/C18H18F3NO3/c19-18(20,21)17(23)25-16-7-3-4-10-22(16)24-12-13-8-9-14-5-1-2-6-15(14)11-13/h1-2,5-6,8-9,11,16H,3-4,7,10,12H2. The van der Waals surface area contributed by atoms with Gasteiger partial charge >= 0.3 is 12.1 Å². The molecule has 1 heterocycles. The van der Waals surface area contributed by atoms with E-state index in [0.717, 1.165) is 22.8 Å². The Labute approximate surface area is 143 Å². The normalized spacial score (nSPS) is 19.1. The molecule has 1 atom stereocenters. The number of hydroxylamine groups is 2. The Balaban J connectivity index is 1.63. The van der Waals surface area contributed by atoms with Crippen molar-refractivity contribution in [1.82, 2.24) is 5.06 Å². The first-order chi connectivity index (χ1) is 11.9. The molecular weight excluding hydrogens is 335 g/mol. The Hall–Kier alpha value is -2.12. The fourth-order valence-electron chi connectivity index (χ4n) is 2.82. The molecule has 0 aliphatic carbocycles. The summed E-state index contributed by atoms with van der Waals surface area (Å²) in [5.74, 6) is -2.18. The molecule has 0 spiro atoms. The summed E-state index contributed by atoms with van der Waals surface area (Å²) in [6, 6.07) is 13.7. The van der Waals surface area contributed by atoms with Crippen LogP contribution in [-0.2, 0) is 21.0 Å². The van der Waals surface area contributed by atoms with Crippen molar-refractivity contribution in [3.63, 3.8) is 0 Å². The number of rotatable bonds is 4. The second-order valence-electron chi connectivity index (χ2n) is 5.95. The molecule has 1 aliphatic rings. The number of piperidine rings is 1. The number of carbonyl (C=O) groups excluding carboxylic acids is 1. The van der Waals surface area contributed by atoms with Crippen LogP contribution in [0.1, 0.15) is 24.8 Å². The van der Waals surface area contributed by atoms with E-state index in [4.69, 9.17) is 4.84 Å². The predicted octanol–water partition coefficient (Wildman–Crippen LogP) is 4.19. The highest BCUT2D eigenvalue weighted by Crippen LogP contribution is 2.24. The van der Waals surface area contributed by atoms with E-state index in [9.17, 15) is 18.0 Å². The number of ether oxygens (including phenoxy) is 1. The summed E-state index contributed by atoms with van der Waals surface area (Å²) in [6.07, 6.45) is -4.23. The highest BCUT2D eigenvalue weighted by Gasteiger charge is 2.43. The lowest BCUT2D eigenvalue weighted by Gasteiger charge is -2.33. The smallest absolute Gasteiger partial charge is 0.438 e. The molecule has 1 fully saturated rings. The van der Waals surface area contributed by atoms with Crippen LogP contribution in [-0.4, -0.2) is 30.0 Å². The number of hydrogen-bond donors (Lipinski definition) is 0. The van der Waals surface area contributed by atoms with Crippen molar-refractivity contribution in [3.05, 3.63) is 48.0 Å². The van der Waals surface area contributed by atoms with Gasteiger partial charge in [-0.25, -0.2) is 4.79 Å². The molecule has 2 aromatic rings. The molecule has 2 aromatic carbocycles. The molecule has 0 saturated carbocycles. The summed E-state index contributed by atoms with van der Waals surface area (Å²) in [4.78, 5) is 16.7. The summed E-state index contributed by atoms with van der Waals surface area (Å²) in [5.41, 5.74) is 0.894. The Morgan fingerprint density at radius 2 is 1.88 bits per heavy atom. The number of halogens is 3. The van der Waals surface area contributed by atoms with Gasteiger partial charge in [0.2, 0.25) is 0 Å². The van der Waals surface area contributed by atoms with Crippen LogP contribution in [0, 0.1) is 0 Å². The molecule has 25 heavy (non-hydrogen) atoms. The fourth-order valence-corrected chi connectivity index (χ4v) is 2.82. The van der Waals surface area contributed by atoms with E-state index in [1.165, 1.54) is 5.06 Å². The van der Waals surface area contributed by atoms with E-state index in [2.05, 4.69) is 4.74 Å². The lowest BCUT2D eigenvalue weighted by molar-refractivity contribution is -0.278. The molecule has 4 nitrogen and oxygen atoms in total. The van der Waals surface area contributed by atoms with Crippen molar-refractivity contribution >= 4 is 16.7 Å². The lowest BCUT2D eigenvalue weighted by atomic mass is 10.1. The Morgan fingerprint density at radius 3 is 2.64 bits per heavy atom. The summed E-state index contributed by atoms with van der Waals surface area (Å²) < 4.78 is 41.8. The molecule has 3 rings (SSSR count). The predicted molar refractivity (Wildman–Crippen MR) is 85.2 cm³/mol. The number of alkyl halides is 3. The van der Waals surface area contributed by atoms with Crippen LogP contribution in [0.15, 0.2) is 42.5 Å². The molecule has 1 unspecified atom stereocenters. The second kappa shape index (κ2) is 7.41. The van der Waals surface area contributed by atoms with E-state index < -0.39 is 18.4 Å². The first-order valence-corrected chi connectivity index (χ1v) is 8.08. The molecule has 7 heteroatoms. The average molecular weight is 353 g/mol. The Bertz CT molecular complexity index is 748. The van der Waals surface area contributed by atoms with Crippen molar-refractivity contribution in [3.8, 4) is 0 Å². The molecule has 134 valence electrons. The van der Waals surface area contributed by atoms with Crippen molar-refractivity contribution in [2.75, 3.05) is 6.54 Å². The van der Waals surface area contributed by atoms with Gasteiger partial charge in [-0.15, -0.1) is 5.06 Å². The number of nitrogens with zero attached hydrogens (tertiary/aromatic N) is 1. The summed E-state index contributed by atoms with van der Waals surface area (Å²) in [7, 11) is 0. The third-order valence-electron chi connectivity index (χ3n) is 4.09. The maximum atomic E-state index is 12.4. The van der Waals surface area contributed by atoms with Crippen LogP contribution >= 0.6 is 0 Å². The Morgan fingerprint density at radius 1 is 1.12 bits per heavy atom. The quantitative estimate of drug-likeness (QED) is 0.773. The molecule has 1 saturated heterocycles. The van der Waals surface area contributed by atoms with Crippen molar-refractivity contribution in [2.24, 2.45) is 0 Å². The maximum Gasteiger partial charge on any atom is 0.490 e. The van der Waals surface area contributed by atoms with E-state index in [1.54, 1.807) is 0 Å². The van der Waals surface area contributed by atoms with E-state index in [0.29, 0.717) is 19.4 Å². The summed E-state index contributed by atoms with van der Waals surface area (Å²) in [5, 5.41) is 3.49. The first-order valence-electron chi connectivity index (χ1n) is 8.08. The highest BCUT2D eigenvalue weighted by atomic mass is 19.4. The molecule has 0 bridgehead atoms. The van der Waals surface area contributed by atoms with Gasteiger partial charge in [0.1, 0.15) is 0 Å². The van der Waals surface area contributed by atoms with Crippen LogP contribution in [0.4, 0.5) is 13.2 Å². The SMILES string of the molecule is O=C(OC1CCCCN1OCc1ccc2ccccc2c1)C(F)(F)F. The van der Waals surface area contributed by atoms with Crippen molar-refractivity contribution in [2.45, 2.75) is 38.3 Å². The van der Waals surface area contributed by atoms with Gasteiger partial charge in [-0.1, -0.05) is 36.4 Å². The number of hydrogen-bond acceptors (Lipinski definition) is 4. The van der Waals surface area contributed by atoms with E-state index in [1.807, 2.05) is 42.5 Å². The lowest BCUT2D eigenvalue weighted by Crippen LogP contribution is -2.44. The van der Waals surface area contributed by atoms with E-state index in [-0.39, 0.29) is 6.61 Å². The summed E-state index contributed by atoms with van der Waals surface area (Å²) in [6.45, 7) is 0.619. The third kappa shape index (κ3) is 4.49. The zero-order chi connectivity index (χ0) is 17.9. The molecule has 0 aromatic heterocycles. The minimum atomic E-state index is -5.00. The van der Waals surface area contributed by atoms with Crippen LogP contribution in [0.5, 0.6) is 0 Å². The molecule has 0 radical (unpaired) electrons. The van der Waals surface area contributed by atoms with Crippen molar-refractivity contribution < 1.29 is 27.5 Å². The van der Waals surface area contributed by atoms with Crippen molar-refractivity contribution in [1.29, 1.82) is 0 Å². The number of benzene rings is 2. The summed E-state index contributed by atoms with van der Waals surface area (Å²) >= 11 is 0. The topological polar surface area (TPSA) is 38.8 Å². The minimum absolute atomic E-state index is 0.199. The van der Waals surface area contributed by atoms with Gasteiger partial charge in [-0.05, 0) is 35.2 Å². The number of carbonyl (C=O) groups is 1. The van der Waals surface area contributed by atoms with Gasteiger partial charge in [-0.2, -0.15) is 13.2 Å². The fraction of sp³-hybridized carbons (Fsp3) is 0.389. The van der Waals surface area contributed by atoms with Gasteiger partial charge in [-0.3, -0.25) is 4.84 Å². The largest absolute Gasteiger partial charge is 0.490 e. The zero-order valence-corrected chi connectivity index (χ0v) is 13.5. The highest BCUT2D eigenvalue weighted by molar-refractivity contribution is 5.82. The monoisotopic (exact) mass is 353 g/mol. The van der Waals surface area contributed by atoms with Gasteiger partial charge in [0.15, 0.2) is 6.23 Å². The zero-order valence-electron chi connectivity index (χ0n) is 13.5. The first kappa shape index (κ1) is 17.7. The minimum Gasteiger partial charge on any atom is -0.438 e. The van der Waals surface area contributed by atoms with Gasteiger partial charge < -0.3 is 4.74 Å². The van der Waals surface area contributed by atoms with Crippen LogP contribution in [0.2, 0.25) is 0 Å². The maximum absolute atomic E-state index is 12.4. The molecule has 1 aliphatic heterocycles. The average Bonchev–Trinajstić information content (AvgIpc) is 2.60. The molecule has 0 amide bonds. The number of esters is 1. The van der Waals surface area contributed by atoms with E-state index >= 15 is 0 Å². The van der Waals surface area contributed by atoms with Gasteiger partial charge in [0.25, 0.3) is 0 Å². The molecule has 0 N–H and O–H groups in total. The second-order valence-corrected chi connectivity index (χ2v) is 5.95. The molecular formula is C18H18F3NO3. The van der Waals surface area contributed by atoms with Crippen LogP contribution in [0.25, 0.3) is 10.8 Å². The van der Waals surface area contributed by atoms with Gasteiger partial charge in [0, 0.05) is 13.0 Å². The van der Waals surface area contributed by atoms with Gasteiger partial charge in [0.05, 0.1) is 6.61 Å². The Kier molecular flexibility index (Phi) is 5.24.